The van der Waals surface area contributed by atoms with E-state index in [2.05, 4.69) is 0 Å². The summed E-state index contributed by atoms with van der Waals surface area (Å²) in [6.07, 6.45) is 4.65. The van der Waals surface area contributed by atoms with Gasteiger partial charge in [0.1, 0.15) is 12.4 Å². The number of rotatable bonds is 6. The highest BCUT2D eigenvalue weighted by atomic mass is 16.5. The van der Waals surface area contributed by atoms with Crippen LogP contribution in [0.4, 0.5) is 0 Å². The molecule has 0 radical (unpaired) electrons. The van der Waals surface area contributed by atoms with Crippen molar-refractivity contribution in [3.63, 3.8) is 0 Å². The molecule has 1 aromatic rings. The third-order valence-corrected chi connectivity index (χ3v) is 3.23. The Kier molecular flexibility index (Phi) is 4.40. The van der Waals surface area contributed by atoms with E-state index in [1.807, 2.05) is 30.3 Å². The van der Waals surface area contributed by atoms with Gasteiger partial charge < -0.3 is 15.2 Å². The fraction of sp³-hybridized carbons (Fsp3) is 0.571. The highest BCUT2D eigenvalue weighted by molar-refractivity contribution is 5.20. The van der Waals surface area contributed by atoms with Gasteiger partial charge in [0.05, 0.1) is 13.2 Å². The number of ether oxygens (including phenoxy) is 2. The number of hydrogen-bond acceptors (Lipinski definition) is 3. The molecule has 0 unspecified atom stereocenters. The van der Waals surface area contributed by atoms with Crippen molar-refractivity contribution in [3.8, 4) is 5.75 Å². The molecule has 1 fully saturated rings. The molecule has 0 spiro atoms. The minimum absolute atomic E-state index is 0.0766. The lowest BCUT2D eigenvalue weighted by Gasteiger charge is -2.23. The zero-order chi connectivity index (χ0) is 12.0. The summed E-state index contributed by atoms with van der Waals surface area (Å²) < 4.78 is 11.1. The molecule has 1 aliphatic carbocycles. The van der Waals surface area contributed by atoms with Crippen molar-refractivity contribution >= 4 is 0 Å². The van der Waals surface area contributed by atoms with Gasteiger partial charge in [-0.05, 0) is 25.0 Å². The molecule has 1 aliphatic rings. The van der Waals surface area contributed by atoms with Crippen molar-refractivity contribution in [2.24, 2.45) is 5.73 Å². The SMILES string of the molecule is NC1(COCCOc2ccccc2)CCCC1. The van der Waals surface area contributed by atoms with Crippen molar-refractivity contribution in [2.45, 2.75) is 31.2 Å². The van der Waals surface area contributed by atoms with E-state index in [0.717, 1.165) is 18.6 Å². The number of nitrogens with two attached hydrogens (primary N) is 1. The molecule has 2 N–H and O–H groups in total. The van der Waals surface area contributed by atoms with Crippen LogP contribution >= 0.6 is 0 Å². The van der Waals surface area contributed by atoms with Gasteiger partial charge in [0, 0.05) is 5.54 Å². The summed E-state index contributed by atoms with van der Waals surface area (Å²) in [5, 5.41) is 0. The fourth-order valence-corrected chi connectivity index (χ4v) is 2.23. The Hall–Kier alpha value is -1.06. The third-order valence-electron chi connectivity index (χ3n) is 3.23. The predicted octanol–water partition coefficient (Wildman–Crippen LogP) is 2.35. The second-order valence-corrected chi connectivity index (χ2v) is 4.78. The summed E-state index contributed by atoms with van der Waals surface area (Å²) >= 11 is 0. The Balaban J connectivity index is 1.58. The molecule has 0 aromatic heterocycles. The molecule has 17 heavy (non-hydrogen) atoms. The standard InChI is InChI=1S/C14H21NO2/c15-14(8-4-5-9-14)12-16-10-11-17-13-6-2-1-3-7-13/h1-3,6-7H,4-5,8-12,15H2. The Bertz CT molecular complexity index is 320. The van der Waals surface area contributed by atoms with Crippen LogP contribution in [-0.2, 0) is 4.74 Å². The van der Waals surface area contributed by atoms with Gasteiger partial charge in [0.25, 0.3) is 0 Å². The van der Waals surface area contributed by atoms with Crippen molar-refractivity contribution in [2.75, 3.05) is 19.8 Å². The van der Waals surface area contributed by atoms with Crippen LogP contribution in [-0.4, -0.2) is 25.4 Å². The van der Waals surface area contributed by atoms with Crippen LogP contribution < -0.4 is 10.5 Å². The van der Waals surface area contributed by atoms with Gasteiger partial charge in [-0.2, -0.15) is 0 Å². The minimum atomic E-state index is -0.0766. The van der Waals surface area contributed by atoms with Gasteiger partial charge in [0.2, 0.25) is 0 Å². The zero-order valence-corrected chi connectivity index (χ0v) is 10.2. The smallest absolute Gasteiger partial charge is 0.119 e. The highest BCUT2D eigenvalue weighted by Crippen LogP contribution is 2.27. The second-order valence-electron chi connectivity index (χ2n) is 4.78. The van der Waals surface area contributed by atoms with E-state index in [-0.39, 0.29) is 5.54 Å². The maximum Gasteiger partial charge on any atom is 0.119 e. The van der Waals surface area contributed by atoms with Crippen LogP contribution in [0.5, 0.6) is 5.75 Å². The molecular weight excluding hydrogens is 214 g/mol. The predicted molar refractivity (Wildman–Crippen MR) is 68.1 cm³/mol. The third kappa shape index (κ3) is 4.02. The Morgan fingerprint density at radius 3 is 2.47 bits per heavy atom. The number of para-hydroxylation sites is 1. The van der Waals surface area contributed by atoms with E-state index in [4.69, 9.17) is 15.2 Å². The molecule has 94 valence electrons. The lowest BCUT2D eigenvalue weighted by Crippen LogP contribution is -2.41. The zero-order valence-electron chi connectivity index (χ0n) is 10.2. The molecular formula is C14H21NO2. The van der Waals surface area contributed by atoms with Crippen LogP contribution in [0, 0.1) is 0 Å². The molecule has 0 bridgehead atoms. The normalized spacial score (nSPS) is 18.2. The Labute approximate surface area is 103 Å². The maximum absolute atomic E-state index is 6.19. The minimum Gasteiger partial charge on any atom is -0.491 e. The molecule has 0 heterocycles. The average molecular weight is 235 g/mol. The van der Waals surface area contributed by atoms with Gasteiger partial charge in [-0.1, -0.05) is 31.0 Å². The van der Waals surface area contributed by atoms with E-state index in [9.17, 15) is 0 Å². The van der Waals surface area contributed by atoms with Crippen LogP contribution in [0.2, 0.25) is 0 Å². The summed E-state index contributed by atoms with van der Waals surface area (Å²) in [5.41, 5.74) is 6.11. The van der Waals surface area contributed by atoms with Crippen molar-refractivity contribution in [1.29, 1.82) is 0 Å². The summed E-state index contributed by atoms with van der Waals surface area (Å²) in [6, 6.07) is 9.79. The molecule has 0 amide bonds. The Morgan fingerprint density at radius 1 is 1.06 bits per heavy atom. The topological polar surface area (TPSA) is 44.5 Å². The van der Waals surface area contributed by atoms with E-state index in [1.54, 1.807) is 0 Å². The maximum atomic E-state index is 6.19. The molecule has 0 saturated heterocycles. The van der Waals surface area contributed by atoms with Crippen molar-refractivity contribution < 1.29 is 9.47 Å². The van der Waals surface area contributed by atoms with Gasteiger partial charge >= 0.3 is 0 Å². The largest absolute Gasteiger partial charge is 0.491 e. The second kappa shape index (κ2) is 6.03. The molecule has 3 heteroatoms. The van der Waals surface area contributed by atoms with Crippen LogP contribution in [0.15, 0.2) is 30.3 Å². The number of benzene rings is 1. The summed E-state index contributed by atoms with van der Waals surface area (Å²) in [4.78, 5) is 0. The van der Waals surface area contributed by atoms with E-state index < -0.39 is 0 Å². The summed E-state index contributed by atoms with van der Waals surface area (Å²) in [6.45, 7) is 1.85. The number of hydrogen-bond donors (Lipinski definition) is 1. The molecule has 0 aliphatic heterocycles. The fourth-order valence-electron chi connectivity index (χ4n) is 2.23. The molecule has 2 rings (SSSR count). The van der Waals surface area contributed by atoms with Crippen LogP contribution in [0.3, 0.4) is 0 Å². The summed E-state index contributed by atoms with van der Waals surface area (Å²) in [7, 11) is 0. The molecule has 3 nitrogen and oxygen atoms in total. The first kappa shape index (κ1) is 12.4. The monoisotopic (exact) mass is 235 g/mol. The lowest BCUT2D eigenvalue weighted by molar-refractivity contribution is 0.0643. The van der Waals surface area contributed by atoms with E-state index in [1.165, 1.54) is 12.8 Å². The average Bonchev–Trinajstić information content (AvgIpc) is 2.77. The van der Waals surface area contributed by atoms with Crippen molar-refractivity contribution in [1.82, 2.24) is 0 Å². The molecule has 1 aromatic carbocycles. The van der Waals surface area contributed by atoms with Crippen LogP contribution in [0.1, 0.15) is 25.7 Å². The quantitative estimate of drug-likeness (QED) is 0.770. The lowest BCUT2D eigenvalue weighted by atomic mass is 10.0. The highest BCUT2D eigenvalue weighted by Gasteiger charge is 2.29. The first-order valence-electron chi connectivity index (χ1n) is 6.33. The molecule has 0 atom stereocenters. The van der Waals surface area contributed by atoms with Gasteiger partial charge in [-0.15, -0.1) is 0 Å². The van der Waals surface area contributed by atoms with Gasteiger partial charge in [0.15, 0.2) is 0 Å². The van der Waals surface area contributed by atoms with E-state index in [0.29, 0.717) is 19.8 Å². The molecule has 1 saturated carbocycles. The van der Waals surface area contributed by atoms with Crippen LogP contribution in [0.25, 0.3) is 0 Å². The summed E-state index contributed by atoms with van der Waals surface area (Å²) in [5.74, 6) is 0.888. The van der Waals surface area contributed by atoms with Crippen molar-refractivity contribution in [3.05, 3.63) is 30.3 Å². The van der Waals surface area contributed by atoms with Gasteiger partial charge in [-0.3, -0.25) is 0 Å². The van der Waals surface area contributed by atoms with Gasteiger partial charge in [-0.25, -0.2) is 0 Å². The Morgan fingerprint density at radius 2 is 1.76 bits per heavy atom. The van der Waals surface area contributed by atoms with E-state index >= 15 is 0 Å². The first-order chi connectivity index (χ1) is 8.29. The first-order valence-corrected chi connectivity index (χ1v) is 6.33.